The van der Waals surface area contributed by atoms with Crippen molar-refractivity contribution in [1.82, 2.24) is 4.98 Å². The Hall–Kier alpha value is -2.72. The van der Waals surface area contributed by atoms with Gasteiger partial charge in [-0.3, -0.25) is 9.78 Å². The molecular weight excluding hydrogens is 290 g/mol. The molecule has 114 valence electrons. The molecule has 0 atom stereocenters. The van der Waals surface area contributed by atoms with Crippen molar-refractivity contribution >= 4 is 16.6 Å². The maximum Gasteiger partial charge on any atom is 0.212 e. The molecule has 2 aromatic carbocycles. The molecule has 1 N–H and O–H groups in total. The monoisotopic (exact) mass is 305 g/mol. The lowest BCUT2D eigenvalue weighted by molar-refractivity contribution is 0.103. The summed E-state index contributed by atoms with van der Waals surface area (Å²) in [4.78, 5) is 17.0. The third-order valence-corrected chi connectivity index (χ3v) is 4.10. The number of hydrogen-bond acceptors (Lipinski definition) is 4. The largest absolute Gasteiger partial charge is 0.493 e. The van der Waals surface area contributed by atoms with Gasteiger partial charge in [-0.15, -0.1) is 0 Å². The van der Waals surface area contributed by atoms with E-state index in [4.69, 9.17) is 9.84 Å². The van der Waals surface area contributed by atoms with E-state index in [9.17, 15) is 4.79 Å². The summed E-state index contributed by atoms with van der Waals surface area (Å²) in [5.41, 5.74) is 3.05. The normalized spacial score (nSPS) is 12.3. The highest BCUT2D eigenvalue weighted by molar-refractivity contribution is 6.24. The van der Waals surface area contributed by atoms with Crippen LogP contribution in [0.3, 0.4) is 0 Å². The number of carbonyl (C=O) groups excluding carboxylic acids is 1. The third kappa shape index (κ3) is 2.19. The zero-order valence-electron chi connectivity index (χ0n) is 12.5. The Kier molecular flexibility index (Phi) is 3.32. The lowest BCUT2D eigenvalue weighted by Gasteiger charge is -2.19. The third-order valence-electron chi connectivity index (χ3n) is 4.10. The van der Waals surface area contributed by atoms with E-state index in [1.165, 1.54) is 0 Å². The van der Waals surface area contributed by atoms with Crippen molar-refractivity contribution < 1.29 is 14.6 Å². The molecule has 0 fully saturated rings. The molecule has 4 nitrogen and oxygen atoms in total. The van der Waals surface area contributed by atoms with Crippen LogP contribution in [-0.2, 0) is 0 Å². The van der Waals surface area contributed by atoms with E-state index < -0.39 is 0 Å². The highest BCUT2D eigenvalue weighted by atomic mass is 16.5. The summed E-state index contributed by atoms with van der Waals surface area (Å²) in [6.07, 6.45) is 2.26. The first-order chi connectivity index (χ1) is 11.3. The van der Waals surface area contributed by atoms with Gasteiger partial charge in [0, 0.05) is 30.2 Å². The molecule has 0 amide bonds. The van der Waals surface area contributed by atoms with Gasteiger partial charge in [0.05, 0.1) is 6.61 Å². The minimum atomic E-state index is -0.0498. The summed E-state index contributed by atoms with van der Waals surface area (Å²) in [6, 6.07) is 13.4. The van der Waals surface area contributed by atoms with Gasteiger partial charge in [-0.1, -0.05) is 18.2 Å². The topological polar surface area (TPSA) is 59.4 Å². The van der Waals surface area contributed by atoms with Crippen molar-refractivity contribution in [2.75, 3.05) is 13.2 Å². The fourth-order valence-electron chi connectivity index (χ4n) is 3.04. The van der Waals surface area contributed by atoms with Crippen molar-refractivity contribution in [3.63, 3.8) is 0 Å². The standard InChI is InChI=1S/C19H15NO3/c21-9-2-10-23-13-5-6-15-16(11-13)14-4-1-3-12-7-8-20-18(17(12)14)19(15)22/h1,3-8,11,21H,2,9-10H2. The summed E-state index contributed by atoms with van der Waals surface area (Å²) in [7, 11) is 0. The van der Waals surface area contributed by atoms with E-state index in [0.29, 0.717) is 30.0 Å². The van der Waals surface area contributed by atoms with Crippen LogP contribution in [0.2, 0.25) is 0 Å². The number of fused-ring (bicyclic) bond motifs is 2. The highest BCUT2D eigenvalue weighted by Gasteiger charge is 2.26. The molecule has 0 aliphatic heterocycles. The van der Waals surface area contributed by atoms with Crippen molar-refractivity contribution in [3.05, 3.63) is 59.9 Å². The number of carbonyl (C=O) groups is 1. The molecule has 0 saturated heterocycles. The highest BCUT2D eigenvalue weighted by Crippen LogP contribution is 2.39. The van der Waals surface area contributed by atoms with Crippen LogP contribution in [0.15, 0.2) is 48.7 Å². The molecule has 1 aromatic heterocycles. The second-order valence-corrected chi connectivity index (χ2v) is 5.53. The van der Waals surface area contributed by atoms with Crippen molar-refractivity contribution in [3.8, 4) is 16.9 Å². The number of aliphatic hydroxyl groups excluding tert-OH is 1. The molecule has 1 aliphatic rings. The molecule has 23 heavy (non-hydrogen) atoms. The summed E-state index contributed by atoms with van der Waals surface area (Å²) >= 11 is 0. The number of ketones is 1. The predicted octanol–water partition coefficient (Wildman–Crippen LogP) is 3.21. The molecule has 1 aliphatic carbocycles. The van der Waals surface area contributed by atoms with E-state index in [0.717, 1.165) is 21.9 Å². The number of benzene rings is 2. The zero-order chi connectivity index (χ0) is 15.8. The van der Waals surface area contributed by atoms with Crippen LogP contribution in [0.1, 0.15) is 22.5 Å². The van der Waals surface area contributed by atoms with Crippen LogP contribution in [-0.4, -0.2) is 29.1 Å². The van der Waals surface area contributed by atoms with Crippen LogP contribution in [0, 0.1) is 0 Å². The predicted molar refractivity (Wildman–Crippen MR) is 87.8 cm³/mol. The van der Waals surface area contributed by atoms with E-state index in [2.05, 4.69) is 4.98 Å². The molecule has 3 aromatic rings. The fourth-order valence-corrected chi connectivity index (χ4v) is 3.04. The van der Waals surface area contributed by atoms with E-state index in [1.54, 1.807) is 18.3 Å². The molecule has 4 heteroatoms. The van der Waals surface area contributed by atoms with Gasteiger partial charge >= 0.3 is 0 Å². The lowest BCUT2D eigenvalue weighted by atomic mass is 9.85. The van der Waals surface area contributed by atoms with Gasteiger partial charge in [0.15, 0.2) is 0 Å². The van der Waals surface area contributed by atoms with Gasteiger partial charge in [0.1, 0.15) is 11.4 Å². The Balaban J connectivity index is 1.89. The molecule has 1 heterocycles. The number of nitrogens with zero attached hydrogens (tertiary/aromatic N) is 1. The Morgan fingerprint density at radius 3 is 2.83 bits per heavy atom. The van der Waals surface area contributed by atoms with E-state index in [-0.39, 0.29) is 12.4 Å². The minimum absolute atomic E-state index is 0.0498. The van der Waals surface area contributed by atoms with E-state index in [1.807, 2.05) is 30.3 Å². The van der Waals surface area contributed by atoms with Gasteiger partial charge in [-0.2, -0.15) is 0 Å². The molecular formula is C19H15NO3. The fraction of sp³-hybridized carbons (Fsp3) is 0.158. The Bertz CT molecular complexity index is 912. The first-order valence-electron chi connectivity index (χ1n) is 7.60. The van der Waals surface area contributed by atoms with Crippen molar-refractivity contribution in [2.45, 2.75) is 6.42 Å². The SMILES string of the molecule is O=C1c2ccc(OCCCO)cc2-c2cccc3ccnc1c23. The van der Waals surface area contributed by atoms with Crippen LogP contribution in [0.5, 0.6) is 5.75 Å². The van der Waals surface area contributed by atoms with Crippen LogP contribution < -0.4 is 4.74 Å². The summed E-state index contributed by atoms with van der Waals surface area (Å²) in [5.74, 6) is 0.653. The molecule has 0 unspecified atom stereocenters. The van der Waals surface area contributed by atoms with Crippen LogP contribution >= 0.6 is 0 Å². The quantitative estimate of drug-likeness (QED) is 0.588. The zero-order valence-corrected chi connectivity index (χ0v) is 12.5. The second kappa shape index (κ2) is 5.48. The maximum atomic E-state index is 12.7. The number of aliphatic hydroxyl groups is 1. The van der Waals surface area contributed by atoms with Crippen molar-refractivity contribution in [1.29, 1.82) is 0 Å². The lowest BCUT2D eigenvalue weighted by Crippen LogP contribution is -2.12. The van der Waals surface area contributed by atoms with Crippen LogP contribution in [0.25, 0.3) is 21.9 Å². The molecule has 0 spiro atoms. The first-order valence-corrected chi connectivity index (χ1v) is 7.60. The number of rotatable bonds is 4. The second-order valence-electron chi connectivity index (χ2n) is 5.53. The van der Waals surface area contributed by atoms with Gasteiger partial charge < -0.3 is 9.84 Å². The number of aromatic nitrogens is 1. The number of hydrogen-bond donors (Lipinski definition) is 1. The smallest absolute Gasteiger partial charge is 0.212 e. The number of ether oxygens (including phenoxy) is 1. The molecule has 0 radical (unpaired) electrons. The van der Waals surface area contributed by atoms with Crippen LogP contribution in [0.4, 0.5) is 0 Å². The first kappa shape index (κ1) is 13.9. The average molecular weight is 305 g/mol. The summed E-state index contributed by atoms with van der Waals surface area (Å²) in [5, 5.41) is 10.8. The average Bonchev–Trinajstić information content (AvgIpc) is 2.59. The van der Waals surface area contributed by atoms with Gasteiger partial charge in [0.2, 0.25) is 5.78 Å². The molecule has 0 bridgehead atoms. The van der Waals surface area contributed by atoms with Crippen molar-refractivity contribution in [2.24, 2.45) is 0 Å². The Morgan fingerprint density at radius 2 is 1.96 bits per heavy atom. The summed E-state index contributed by atoms with van der Waals surface area (Å²) < 4.78 is 5.64. The van der Waals surface area contributed by atoms with Gasteiger partial charge in [-0.25, -0.2) is 0 Å². The Morgan fingerprint density at radius 1 is 1.04 bits per heavy atom. The molecule has 0 saturated carbocycles. The summed E-state index contributed by atoms with van der Waals surface area (Å²) in [6.45, 7) is 0.549. The number of pyridine rings is 1. The van der Waals surface area contributed by atoms with Gasteiger partial charge in [0.25, 0.3) is 0 Å². The minimum Gasteiger partial charge on any atom is -0.493 e. The maximum absolute atomic E-state index is 12.7. The molecule has 4 rings (SSSR count). The van der Waals surface area contributed by atoms with Gasteiger partial charge in [-0.05, 0) is 40.8 Å². The van der Waals surface area contributed by atoms with E-state index >= 15 is 0 Å². The Labute approximate surface area is 133 Å².